The molecule has 0 aliphatic rings. The Morgan fingerprint density at radius 3 is 2.60 bits per heavy atom. The molecule has 0 fully saturated rings. The Labute approximate surface area is 93.8 Å². The first kappa shape index (κ1) is 13.9. The second-order valence-corrected chi connectivity index (χ2v) is 3.69. The van der Waals surface area contributed by atoms with Gasteiger partial charge in [-0.3, -0.25) is 0 Å². The van der Waals surface area contributed by atoms with Crippen LogP contribution in [0.25, 0.3) is 6.08 Å². The lowest BCUT2D eigenvalue weighted by Gasteiger charge is -1.99. The molecule has 1 aromatic rings. The van der Waals surface area contributed by atoms with Gasteiger partial charge in [0.05, 0.1) is 0 Å². The van der Waals surface area contributed by atoms with Crippen molar-refractivity contribution in [3.05, 3.63) is 41.5 Å². The van der Waals surface area contributed by atoms with Crippen LogP contribution >= 0.6 is 0 Å². The molecule has 0 aliphatic heterocycles. The van der Waals surface area contributed by atoms with E-state index in [2.05, 4.69) is 50.3 Å². The highest BCUT2D eigenvalue weighted by Gasteiger charge is 1.91. The highest BCUT2D eigenvalue weighted by molar-refractivity contribution is 5.50. The van der Waals surface area contributed by atoms with E-state index in [9.17, 15) is 0 Å². The molecule has 0 aliphatic carbocycles. The lowest BCUT2D eigenvalue weighted by molar-refractivity contribution is 0.921. The van der Waals surface area contributed by atoms with E-state index in [-0.39, 0.29) is 6.15 Å². The highest BCUT2D eigenvalue weighted by atomic mass is 14.0. The van der Waals surface area contributed by atoms with Crippen molar-refractivity contribution in [1.29, 1.82) is 0 Å². The van der Waals surface area contributed by atoms with Crippen LogP contribution in [0.3, 0.4) is 0 Å². The van der Waals surface area contributed by atoms with Gasteiger partial charge in [0.2, 0.25) is 0 Å². The SMILES string of the molecule is CCCC=Cc1cccc(CCC)c1.N. The molecule has 1 rings (SSSR count). The molecule has 0 spiro atoms. The van der Waals surface area contributed by atoms with Crippen molar-refractivity contribution < 1.29 is 0 Å². The molecule has 0 amide bonds. The van der Waals surface area contributed by atoms with Gasteiger partial charge in [0.1, 0.15) is 0 Å². The van der Waals surface area contributed by atoms with Crippen LogP contribution in [0, 0.1) is 0 Å². The summed E-state index contributed by atoms with van der Waals surface area (Å²) in [5.41, 5.74) is 2.79. The topological polar surface area (TPSA) is 35.0 Å². The number of benzene rings is 1. The third-order valence-corrected chi connectivity index (χ3v) is 2.26. The smallest absolute Gasteiger partial charge is 0.0257 e. The Balaban J connectivity index is 0.00000196. The molecule has 84 valence electrons. The lowest BCUT2D eigenvalue weighted by atomic mass is 10.1. The van der Waals surface area contributed by atoms with Gasteiger partial charge in [-0.2, -0.15) is 0 Å². The Hall–Kier alpha value is -1.08. The zero-order valence-corrected chi connectivity index (χ0v) is 10.00. The van der Waals surface area contributed by atoms with Gasteiger partial charge in [0, 0.05) is 0 Å². The average Bonchev–Trinajstić information content (AvgIpc) is 2.19. The first-order chi connectivity index (χ1) is 6.86. The predicted octanol–water partition coefficient (Wildman–Crippen LogP) is 4.61. The number of hydrogen-bond donors (Lipinski definition) is 1. The van der Waals surface area contributed by atoms with E-state index in [1.165, 1.54) is 36.8 Å². The van der Waals surface area contributed by atoms with Crippen molar-refractivity contribution >= 4 is 6.08 Å². The summed E-state index contributed by atoms with van der Waals surface area (Å²) in [6.45, 7) is 4.43. The number of unbranched alkanes of at least 4 members (excludes halogenated alkanes) is 1. The minimum absolute atomic E-state index is 0. The maximum absolute atomic E-state index is 2.29. The van der Waals surface area contributed by atoms with Crippen molar-refractivity contribution in [2.24, 2.45) is 0 Å². The highest BCUT2D eigenvalue weighted by Crippen LogP contribution is 2.09. The largest absolute Gasteiger partial charge is 0.344 e. The number of allylic oxidation sites excluding steroid dienone is 1. The number of rotatable bonds is 5. The van der Waals surface area contributed by atoms with E-state index < -0.39 is 0 Å². The van der Waals surface area contributed by atoms with Crippen LogP contribution in [-0.4, -0.2) is 0 Å². The average molecular weight is 205 g/mol. The van der Waals surface area contributed by atoms with Crippen molar-refractivity contribution in [2.75, 3.05) is 0 Å². The lowest BCUT2D eigenvalue weighted by Crippen LogP contribution is -1.83. The Morgan fingerprint density at radius 2 is 1.93 bits per heavy atom. The normalized spacial score (nSPS) is 10.3. The zero-order valence-electron chi connectivity index (χ0n) is 10.00. The van der Waals surface area contributed by atoms with Gasteiger partial charge in [-0.15, -0.1) is 0 Å². The van der Waals surface area contributed by atoms with E-state index in [0.29, 0.717) is 0 Å². The molecule has 0 bridgehead atoms. The summed E-state index contributed by atoms with van der Waals surface area (Å²) in [5.74, 6) is 0. The summed E-state index contributed by atoms with van der Waals surface area (Å²) >= 11 is 0. The predicted molar refractivity (Wildman–Crippen MR) is 69.4 cm³/mol. The Kier molecular flexibility index (Phi) is 7.65. The van der Waals surface area contributed by atoms with Gasteiger partial charge >= 0.3 is 0 Å². The number of aryl methyl sites for hydroxylation is 1. The van der Waals surface area contributed by atoms with E-state index >= 15 is 0 Å². The number of hydrogen-bond acceptors (Lipinski definition) is 1. The molecular formula is C14H23N. The monoisotopic (exact) mass is 205 g/mol. The van der Waals surface area contributed by atoms with Crippen molar-refractivity contribution in [3.63, 3.8) is 0 Å². The van der Waals surface area contributed by atoms with E-state index in [1.54, 1.807) is 0 Å². The summed E-state index contributed by atoms with van der Waals surface area (Å²) < 4.78 is 0. The van der Waals surface area contributed by atoms with Crippen LogP contribution in [0.1, 0.15) is 44.2 Å². The van der Waals surface area contributed by atoms with Crippen molar-refractivity contribution in [3.8, 4) is 0 Å². The van der Waals surface area contributed by atoms with E-state index in [1.807, 2.05) is 0 Å². The van der Waals surface area contributed by atoms with Crippen LogP contribution in [-0.2, 0) is 6.42 Å². The molecular weight excluding hydrogens is 182 g/mol. The quantitative estimate of drug-likeness (QED) is 0.748. The minimum atomic E-state index is 0. The zero-order chi connectivity index (χ0) is 10.2. The molecule has 0 saturated heterocycles. The maximum Gasteiger partial charge on any atom is -0.0257 e. The molecule has 0 radical (unpaired) electrons. The van der Waals surface area contributed by atoms with Crippen LogP contribution in [0.2, 0.25) is 0 Å². The fourth-order valence-electron chi connectivity index (χ4n) is 1.53. The van der Waals surface area contributed by atoms with E-state index in [4.69, 9.17) is 0 Å². The summed E-state index contributed by atoms with van der Waals surface area (Å²) in [6, 6.07) is 8.82. The summed E-state index contributed by atoms with van der Waals surface area (Å²) in [6.07, 6.45) is 9.30. The second-order valence-electron chi connectivity index (χ2n) is 3.69. The molecule has 1 aromatic carbocycles. The van der Waals surface area contributed by atoms with Gasteiger partial charge in [-0.25, -0.2) is 0 Å². The molecule has 15 heavy (non-hydrogen) atoms. The molecule has 0 saturated carbocycles. The molecule has 3 N–H and O–H groups in total. The Morgan fingerprint density at radius 1 is 1.13 bits per heavy atom. The molecule has 0 atom stereocenters. The van der Waals surface area contributed by atoms with Gasteiger partial charge in [-0.05, 0) is 24.0 Å². The second kappa shape index (κ2) is 8.25. The fraction of sp³-hybridized carbons (Fsp3) is 0.429. The Bertz CT molecular complexity index is 289. The van der Waals surface area contributed by atoms with Gasteiger partial charge in [0.25, 0.3) is 0 Å². The van der Waals surface area contributed by atoms with Crippen molar-refractivity contribution in [2.45, 2.75) is 39.5 Å². The fourth-order valence-corrected chi connectivity index (χ4v) is 1.53. The van der Waals surface area contributed by atoms with Crippen LogP contribution in [0.4, 0.5) is 0 Å². The van der Waals surface area contributed by atoms with Gasteiger partial charge in [0.15, 0.2) is 0 Å². The third kappa shape index (κ3) is 5.38. The van der Waals surface area contributed by atoms with E-state index in [0.717, 1.165) is 0 Å². The molecule has 1 heteroatoms. The van der Waals surface area contributed by atoms with Crippen LogP contribution in [0.15, 0.2) is 30.3 Å². The standard InChI is InChI=1S/C14H20.H3N/c1-3-5-6-9-14-11-7-10-13(12-14)8-4-2;/h6-7,9-12H,3-5,8H2,1-2H3;1H3. The van der Waals surface area contributed by atoms with Crippen LogP contribution in [0.5, 0.6) is 0 Å². The van der Waals surface area contributed by atoms with Crippen LogP contribution < -0.4 is 6.15 Å². The van der Waals surface area contributed by atoms with Gasteiger partial charge < -0.3 is 6.15 Å². The first-order valence-corrected chi connectivity index (χ1v) is 5.62. The first-order valence-electron chi connectivity index (χ1n) is 5.62. The van der Waals surface area contributed by atoms with Crippen molar-refractivity contribution in [1.82, 2.24) is 6.15 Å². The maximum atomic E-state index is 2.29. The van der Waals surface area contributed by atoms with Gasteiger partial charge in [-0.1, -0.05) is 63.1 Å². The third-order valence-electron chi connectivity index (χ3n) is 2.26. The molecule has 0 unspecified atom stereocenters. The summed E-state index contributed by atoms with van der Waals surface area (Å²) in [5, 5.41) is 0. The summed E-state index contributed by atoms with van der Waals surface area (Å²) in [7, 11) is 0. The molecule has 0 heterocycles. The molecule has 1 nitrogen and oxygen atoms in total. The summed E-state index contributed by atoms with van der Waals surface area (Å²) in [4.78, 5) is 0. The minimum Gasteiger partial charge on any atom is -0.344 e. The molecule has 0 aromatic heterocycles.